The average molecular weight is 141 g/mol. The first-order chi connectivity index (χ1) is 5.24. The quantitative estimate of drug-likeness (QED) is 0.498. The van der Waals surface area contributed by atoms with E-state index in [2.05, 4.69) is 5.11 Å². The Hall–Kier alpha value is -1.58. The first kappa shape index (κ1) is 5.22. The second kappa shape index (κ2) is 2.34. The van der Waals surface area contributed by atoms with E-state index in [9.17, 15) is 10.1 Å². The normalized spacial score (nSPS) is 10.2. The number of nitro benzene ring substituents is 1. The molecule has 0 saturated heterocycles. The van der Waals surface area contributed by atoms with E-state index in [-0.39, 0.29) is 11.4 Å². The van der Waals surface area contributed by atoms with Crippen LogP contribution in [-0.2, 0) is 0 Å². The molecule has 0 atom stereocenters. The van der Waals surface area contributed by atoms with Gasteiger partial charge in [0.15, 0.2) is 0 Å². The molecular formula is C6H5NO3. The Balaban J connectivity index is 2.91. The lowest BCUT2D eigenvalue weighted by atomic mass is 10.3. The number of hydrogen-bond donors (Lipinski definition) is 1. The van der Waals surface area contributed by atoms with Crippen molar-refractivity contribution in [2.75, 3.05) is 0 Å². The highest BCUT2D eigenvalue weighted by molar-refractivity contribution is 5.34. The molecule has 52 valence electrons. The maximum atomic E-state index is 10.1. The second-order valence-electron chi connectivity index (χ2n) is 1.75. The van der Waals surface area contributed by atoms with Crippen molar-refractivity contribution >= 4 is 5.69 Å². The van der Waals surface area contributed by atoms with Gasteiger partial charge in [0.2, 0.25) is 0 Å². The molecule has 0 aliphatic rings. The maximum Gasteiger partial charge on any atom is 0.293 e. The van der Waals surface area contributed by atoms with Crippen LogP contribution in [-0.4, -0.2) is 11.5 Å². The van der Waals surface area contributed by atoms with Crippen LogP contribution in [0.2, 0.25) is 0 Å². The third kappa shape index (κ3) is 1.22. The highest BCUT2D eigenvalue weighted by Gasteiger charge is 2.01. The van der Waals surface area contributed by atoms with Gasteiger partial charge in [0.1, 0.15) is 5.75 Å². The molecule has 1 aromatic carbocycles. The van der Waals surface area contributed by atoms with E-state index in [1.807, 2.05) is 0 Å². The van der Waals surface area contributed by atoms with Crippen molar-refractivity contribution in [1.29, 1.82) is 1.43 Å². The summed E-state index contributed by atoms with van der Waals surface area (Å²) >= 11 is 0. The zero-order valence-corrected chi connectivity index (χ0v) is 4.98. The second-order valence-corrected chi connectivity index (χ2v) is 1.75. The molecular weight excluding hydrogens is 134 g/mol. The molecule has 0 spiro atoms. The van der Waals surface area contributed by atoms with Gasteiger partial charge in [-0.05, 0) is 12.1 Å². The van der Waals surface area contributed by atoms with Gasteiger partial charge >= 0.3 is 0 Å². The van der Waals surface area contributed by atoms with E-state index < -0.39 is 4.92 Å². The first-order valence-electron chi connectivity index (χ1n) is 3.02. The van der Waals surface area contributed by atoms with Gasteiger partial charge in [0.05, 0.1) is 4.92 Å². The topological polar surface area (TPSA) is 63.4 Å². The van der Waals surface area contributed by atoms with Crippen molar-refractivity contribution in [3.05, 3.63) is 34.4 Å². The smallest absolute Gasteiger partial charge is 0.293 e. The van der Waals surface area contributed by atoms with Crippen molar-refractivity contribution in [2.24, 2.45) is 0 Å². The van der Waals surface area contributed by atoms with Crippen LogP contribution in [0.1, 0.15) is 0 Å². The number of non-ortho nitro benzene ring substituents is 1. The minimum absolute atomic E-state index is 0.00852. The number of phenols is 1. The van der Waals surface area contributed by atoms with E-state index in [4.69, 9.17) is 1.43 Å². The molecule has 1 rings (SSSR count). The fourth-order valence-electron chi connectivity index (χ4n) is 0.568. The lowest BCUT2D eigenvalue weighted by Gasteiger charge is -1.89. The number of rotatable bonds is 2. The summed E-state index contributed by atoms with van der Waals surface area (Å²) in [5.74, 6) is 0.288. The summed E-state index contributed by atoms with van der Waals surface area (Å²) in [5.41, 5.74) is -0.00852. The predicted octanol–water partition coefficient (Wildman–Crippen LogP) is 1.30. The molecule has 0 amide bonds. The first-order valence-corrected chi connectivity index (χ1v) is 2.61. The number of nitro groups is 1. The van der Waals surface area contributed by atoms with E-state index in [0.717, 1.165) is 0 Å². The van der Waals surface area contributed by atoms with Crippen molar-refractivity contribution in [3.8, 4) is 5.75 Å². The lowest BCUT2D eigenvalue weighted by molar-refractivity contribution is -0.384. The van der Waals surface area contributed by atoms with Gasteiger partial charge in [-0.1, -0.05) is 0 Å². The van der Waals surface area contributed by atoms with Crippen molar-refractivity contribution in [2.45, 2.75) is 0 Å². The molecule has 0 bridgehead atoms. The van der Waals surface area contributed by atoms with Gasteiger partial charge in [0.25, 0.3) is 7.12 Å². The van der Waals surface area contributed by atoms with Gasteiger partial charge in [-0.3, -0.25) is 10.1 Å². The van der Waals surface area contributed by atoms with Gasteiger partial charge < -0.3 is 5.11 Å². The summed E-state index contributed by atoms with van der Waals surface area (Å²) < 4.78 is 6.45. The Bertz CT molecular complexity index is 259. The van der Waals surface area contributed by atoms with Gasteiger partial charge in [-0.15, -0.1) is 0 Å². The lowest BCUT2D eigenvalue weighted by Crippen LogP contribution is -1.85. The van der Waals surface area contributed by atoms with Crippen LogP contribution in [0.25, 0.3) is 0 Å². The zero-order chi connectivity index (χ0) is 8.27. The molecule has 4 nitrogen and oxygen atoms in total. The summed E-state index contributed by atoms with van der Waals surface area (Å²) in [5, 5.41) is 14.2. The van der Waals surface area contributed by atoms with Gasteiger partial charge in [0, 0.05) is 12.1 Å². The molecule has 0 aliphatic heterocycles. The zero-order valence-electron chi connectivity index (χ0n) is 5.98. The molecule has 0 saturated carbocycles. The number of nitrogens with zero attached hydrogens (tertiary/aromatic N) is 1. The number of phenolic OH excluding ortho intramolecular Hbond substituents is 1. The van der Waals surface area contributed by atoms with Crippen molar-refractivity contribution < 1.29 is 10.0 Å². The number of aromatic hydroxyl groups is 1. The Morgan fingerprint density at radius 1 is 1.50 bits per heavy atom. The Kier molecular flexibility index (Phi) is 1.23. The third-order valence-electron chi connectivity index (χ3n) is 1.05. The van der Waals surface area contributed by atoms with Crippen LogP contribution in [0.3, 0.4) is 0 Å². The third-order valence-corrected chi connectivity index (χ3v) is 1.05. The number of benzene rings is 1. The van der Waals surface area contributed by atoms with Crippen LogP contribution in [0, 0.1) is 10.1 Å². The number of hydrogen-bond acceptors (Lipinski definition) is 3. The average Bonchev–Trinajstić information content (AvgIpc) is 2.05. The van der Waals surface area contributed by atoms with Gasteiger partial charge in [-0.25, -0.2) is 0 Å². The van der Waals surface area contributed by atoms with E-state index in [0.29, 0.717) is 0 Å². The fourth-order valence-corrected chi connectivity index (χ4v) is 0.568. The minimum atomic E-state index is -0.506. The molecule has 0 aliphatic carbocycles. The van der Waals surface area contributed by atoms with Crippen LogP contribution < -0.4 is 0 Å². The summed E-state index contributed by atoms with van der Waals surface area (Å²) in [6, 6.07) is 5.30. The maximum absolute atomic E-state index is 10.1. The van der Waals surface area contributed by atoms with Crippen molar-refractivity contribution in [3.63, 3.8) is 0 Å². The highest BCUT2D eigenvalue weighted by Crippen LogP contribution is 2.14. The van der Waals surface area contributed by atoms with E-state index >= 15 is 0 Å². The largest absolute Gasteiger partial charge is 0.508 e. The van der Waals surface area contributed by atoms with Gasteiger partial charge in [-0.2, -0.15) is 0 Å². The standard InChI is InChI=1S/C6H5NO3/c8-6-3-1-5(2-4-6)7(9)10/h1-4,8H/i/hT. The van der Waals surface area contributed by atoms with Crippen LogP contribution in [0.15, 0.2) is 24.3 Å². The molecule has 1 N–H and O–H groups in total. The Morgan fingerprint density at radius 2 is 2.10 bits per heavy atom. The summed E-state index contributed by atoms with van der Waals surface area (Å²) in [6.07, 6.45) is 0. The van der Waals surface area contributed by atoms with Crippen LogP contribution in [0.5, 0.6) is 5.75 Å². The van der Waals surface area contributed by atoms with Crippen molar-refractivity contribution in [1.82, 2.24) is 0 Å². The van der Waals surface area contributed by atoms with E-state index in [1.54, 1.807) is 0 Å². The summed E-state index contributed by atoms with van der Waals surface area (Å²) in [7, 11) is 0. The molecule has 1 aromatic rings. The molecule has 0 unspecified atom stereocenters. The minimum Gasteiger partial charge on any atom is -0.508 e. The van der Waals surface area contributed by atoms with E-state index in [1.165, 1.54) is 24.3 Å². The molecule has 0 fully saturated rings. The Labute approximate surface area is 58.4 Å². The monoisotopic (exact) mass is 141 g/mol. The van der Waals surface area contributed by atoms with Crippen LogP contribution >= 0.6 is 0 Å². The Morgan fingerprint density at radius 3 is 2.50 bits per heavy atom. The fraction of sp³-hybridized carbons (Fsp3) is 0. The predicted molar refractivity (Wildman–Crippen MR) is 34.8 cm³/mol. The SMILES string of the molecule is [3H]Oc1ccc([N+](=O)[O-])cc1. The molecule has 4 heteroatoms. The van der Waals surface area contributed by atoms with Crippen LogP contribution in [0.4, 0.5) is 5.69 Å². The molecule has 0 aromatic heterocycles. The molecule has 0 heterocycles. The molecule has 0 radical (unpaired) electrons. The summed E-state index contributed by atoms with van der Waals surface area (Å²) in [6.45, 7) is 0. The molecule has 10 heavy (non-hydrogen) atoms. The highest BCUT2D eigenvalue weighted by atomic mass is 16.6. The summed E-state index contributed by atoms with van der Waals surface area (Å²) in [4.78, 5) is 9.61.